The van der Waals surface area contributed by atoms with Gasteiger partial charge in [0.25, 0.3) is 5.91 Å². The number of benzene rings is 3. The van der Waals surface area contributed by atoms with Crippen LogP contribution in [0.25, 0.3) is 6.08 Å². The first kappa shape index (κ1) is 19.8. The average Bonchev–Trinajstić information content (AvgIpc) is 2.74. The molecule has 1 amide bonds. The summed E-state index contributed by atoms with van der Waals surface area (Å²) in [6.45, 7) is -0.0176. The maximum absolute atomic E-state index is 13.8. The third-order valence-corrected chi connectivity index (χ3v) is 4.07. The third kappa shape index (κ3) is 5.29. The zero-order valence-corrected chi connectivity index (χ0v) is 15.3. The Morgan fingerprint density at radius 3 is 2.31 bits per heavy atom. The van der Waals surface area contributed by atoms with E-state index in [0.29, 0.717) is 22.4 Å². The SMILES string of the molecule is O=C(O)C(=Cc1ccccc1OCc1ccccc1F)NC(=O)c1ccccc1. The fraction of sp³-hybridized carbons (Fsp3) is 0.0435. The summed E-state index contributed by atoms with van der Waals surface area (Å²) < 4.78 is 19.5. The van der Waals surface area contributed by atoms with Crippen LogP contribution in [0.5, 0.6) is 5.75 Å². The van der Waals surface area contributed by atoms with E-state index in [2.05, 4.69) is 5.32 Å². The molecule has 0 aliphatic rings. The number of hydrogen-bond acceptors (Lipinski definition) is 3. The van der Waals surface area contributed by atoms with Crippen LogP contribution in [0.4, 0.5) is 4.39 Å². The lowest BCUT2D eigenvalue weighted by molar-refractivity contribution is -0.132. The predicted octanol–water partition coefficient (Wildman–Crippen LogP) is 4.26. The summed E-state index contributed by atoms with van der Waals surface area (Å²) >= 11 is 0. The summed E-state index contributed by atoms with van der Waals surface area (Å²) in [5.41, 5.74) is 0.848. The van der Waals surface area contributed by atoms with Crippen molar-refractivity contribution in [3.05, 3.63) is 107 Å². The second-order valence-corrected chi connectivity index (χ2v) is 6.10. The summed E-state index contributed by atoms with van der Waals surface area (Å²) in [6.07, 6.45) is 1.31. The molecule has 146 valence electrons. The average molecular weight is 391 g/mol. The van der Waals surface area contributed by atoms with Gasteiger partial charge in [-0.05, 0) is 30.3 Å². The van der Waals surface area contributed by atoms with Crippen molar-refractivity contribution in [3.8, 4) is 5.75 Å². The predicted molar refractivity (Wildman–Crippen MR) is 107 cm³/mol. The minimum Gasteiger partial charge on any atom is -0.488 e. The zero-order chi connectivity index (χ0) is 20.6. The largest absolute Gasteiger partial charge is 0.488 e. The molecule has 0 spiro atoms. The van der Waals surface area contributed by atoms with E-state index < -0.39 is 11.9 Å². The van der Waals surface area contributed by atoms with Gasteiger partial charge in [-0.15, -0.1) is 0 Å². The highest BCUT2D eigenvalue weighted by atomic mass is 19.1. The molecule has 0 saturated heterocycles. The minimum absolute atomic E-state index is 0.0176. The van der Waals surface area contributed by atoms with E-state index in [0.717, 1.165) is 0 Å². The third-order valence-electron chi connectivity index (χ3n) is 4.07. The molecular weight excluding hydrogens is 373 g/mol. The van der Waals surface area contributed by atoms with E-state index in [1.807, 2.05) is 0 Å². The van der Waals surface area contributed by atoms with Crippen LogP contribution < -0.4 is 10.1 Å². The Kier molecular flexibility index (Phi) is 6.37. The molecule has 0 aliphatic heterocycles. The highest BCUT2D eigenvalue weighted by Crippen LogP contribution is 2.22. The number of amides is 1. The van der Waals surface area contributed by atoms with Crippen molar-refractivity contribution in [3.63, 3.8) is 0 Å². The molecule has 3 rings (SSSR count). The van der Waals surface area contributed by atoms with Crippen LogP contribution in [-0.4, -0.2) is 17.0 Å². The van der Waals surface area contributed by atoms with Gasteiger partial charge in [-0.2, -0.15) is 0 Å². The molecule has 6 heteroatoms. The van der Waals surface area contributed by atoms with Gasteiger partial charge in [-0.3, -0.25) is 4.79 Å². The molecular formula is C23H18FNO4. The smallest absolute Gasteiger partial charge is 0.352 e. The zero-order valence-electron chi connectivity index (χ0n) is 15.3. The highest BCUT2D eigenvalue weighted by molar-refractivity contribution is 6.02. The molecule has 29 heavy (non-hydrogen) atoms. The van der Waals surface area contributed by atoms with Crippen LogP contribution in [0.1, 0.15) is 21.5 Å². The summed E-state index contributed by atoms with van der Waals surface area (Å²) in [6, 6.07) is 21.3. The first-order valence-corrected chi connectivity index (χ1v) is 8.81. The van der Waals surface area contributed by atoms with Gasteiger partial charge in [0.1, 0.15) is 23.9 Å². The molecule has 0 saturated carbocycles. The van der Waals surface area contributed by atoms with E-state index in [1.165, 1.54) is 12.1 Å². The number of carboxylic acids is 1. The molecule has 0 heterocycles. The Labute approximate surface area is 167 Å². The quantitative estimate of drug-likeness (QED) is 0.590. The number of nitrogens with one attached hydrogen (secondary N) is 1. The summed E-state index contributed by atoms with van der Waals surface area (Å²) in [5, 5.41) is 11.9. The van der Waals surface area contributed by atoms with Gasteiger partial charge in [0.05, 0.1) is 0 Å². The van der Waals surface area contributed by atoms with Crippen LogP contribution in [0.3, 0.4) is 0 Å². The Hall–Kier alpha value is -3.93. The number of rotatable bonds is 7. The number of ether oxygens (including phenoxy) is 1. The van der Waals surface area contributed by atoms with E-state index in [1.54, 1.807) is 72.8 Å². The van der Waals surface area contributed by atoms with Crippen molar-refractivity contribution in [1.29, 1.82) is 0 Å². The number of hydrogen-bond donors (Lipinski definition) is 2. The molecule has 3 aromatic carbocycles. The van der Waals surface area contributed by atoms with Crippen LogP contribution in [0.2, 0.25) is 0 Å². The maximum atomic E-state index is 13.8. The minimum atomic E-state index is -1.29. The van der Waals surface area contributed by atoms with Crippen LogP contribution in [-0.2, 0) is 11.4 Å². The second-order valence-electron chi connectivity index (χ2n) is 6.10. The number of halogens is 1. The number of aliphatic carboxylic acids is 1. The fourth-order valence-electron chi connectivity index (χ4n) is 2.59. The highest BCUT2D eigenvalue weighted by Gasteiger charge is 2.14. The maximum Gasteiger partial charge on any atom is 0.352 e. The molecule has 5 nitrogen and oxygen atoms in total. The molecule has 0 bridgehead atoms. The number of carbonyl (C=O) groups is 2. The van der Waals surface area contributed by atoms with Gasteiger partial charge in [-0.1, -0.05) is 54.6 Å². The second kappa shape index (κ2) is 9.32. The fourth-order valence-corrected chi connectivity index (χ4v) is 2.59. The van der Waals surface area contributed by atoms with Gasteiger partial charge in [0.15, 0.2) is 0 Å². The number of carboxylic acid groups (broad SMARTS) is 1. The lowest BCUT2D eigenvalue weighted by atomic mass is 10.1. The van der Waals surface area contributed by atoms with Crippen molar-refractivity contribution < 1.29 is 23.8 Å². The van der Waals surface area contributed by atoms with Crippen molar-refractivity contribution in [2.75, 3.05) is 0 Å². The molecule has 0 atom stereocenters. The Morgan fingerprint density at radius 1 is 0.931 bits per heavy atom. The first-order chi connectivity index (χ1) is 14.0. The molecule has 0 radical (unpaired) electrons. The number of carbonyl (C=O) groups excluding carboxylic acids is 1. The molecule has 2 N–H and O–H groups in total. The lowest BCUT2D eigenvalue weighted by Gasteiger charge is -2.11. The normalized spacial score (nSPS) is 11.0. The van der Waals surface area contributed by atoms with E-state index in [-0.39, 0.29) is 18.1 Å². The van der Waals surface area contributed by atoms with E-state index in [9.17, 15) is 19.1 Å². The molecule has 0 aliphatic carbocycles. The van der Waals surface area contributed by atoms with Crippen molar-refractivity contribution >= 4 is 18.0 Å². The topological polar surface area (TPSA) is 75.6 Å². The van der Waals surface area contributed by atoms with Crippen molar-refractivity contribution in [1.82, 2.24) is 5.32 Å². The standard InChI is InChI=1S/C23H18FNO4/c24-19-12-6-4-11-18(19)15-29-21-13-7-5-10-17(21)14-20(23(27)28)25-22(26)16-8-2-1-3-9-16/h1-14H,15H2,(H,25,26)(H,27,28). The van der Waals surface area contributed by atoms with Gasteiger partial charge in [0, 0.05) is 16.7 Å². The van der Waals surface area contributed by atoms with Crippen molar-refractivity contribution in [2.45, 2.75) is 6.61 Å². The van der Waals surface area contributed by atoms with Crippen molar-refractivity contribution in [2.24, 2.45) is 0 Å². The summed E-state index contributed by atoms with van der Waals surface area (Å²) in [7, 11) is 0. The first-order valence-electron chi connectivity index (χ1n) is 8.81. The van der Waals surface area contributed by atoms with Crippen LogP contribution in [0, 0.1) is 5.82 Å². The Bertz CT molecular complexity index is 1050. The van der Waals surface area contributed by atoms with Gasteiger partial charge in [0.2, 0.25) is 0 Å². The Balaban J connectivity index is 1.82. The van der Waals surface area contributed by atoms with Crippen LogP contribution in [0.15, 0.2) is 84.6 Å². The lowest BCUT2D eigenvalue weighted by Crippen LogP contribution is -2.27. The number of para-hydroxylation sites is 1. The van der Waals surface area contributed by atoms with Crippen LogP contribution >= 0.6 is 0 Å². The van der Waals surface area contributed by atoms with E-state index in [4.69, 9.17) is 4.74 Å². The van der Waals surface area contributed by atoms with E-state index >= 15 is 0 Å². The Morgan fingerprint density at radius 2 is 1.59 bits per heavy atom. The van der Waals surface area contributed by atoms with Gasteiger partial charge in [-0.25, -0.2) is 9.18 Å². The summed E-state index contributed by atoms with van der Waals surface area (Å²) in [5.74, 6) is -1.85. The molecule has 3 aromatic rings. The molecule has 0 aromatic heterocycles. The van der Waals surface area contributed by atoms with Gasteiger partial charge >= 0.3 is 5.97 Å². The molecule has 0 fully saturated rings. The monoisotopic (exact) mass is 391 g/mol. The summed E-state index contributed by atoms with van der Waals surface area (Å²) in [4.78, 5) is 23.9. The van der Waals surface area contributed by atoms with Gasteiger partial charge < -0.3 is 15.2 Å². The molecule has 0 unspecified atom stereocenters.